The van der Waals surface area contributed by atoms with Gasteiger partial charge in [0.1, 0.15) is 0 Å². The van der Waals surface area contributed by atoms with Gasteiger partial charge in [-0.25, -0.2) is 4.98 Å². The number of aliphatic hydroxyl groups excluding tert-OH is 1. The number of ketones is 1. The van der Waals surface area contributed by atoms with Gasteiger partial charge in [-0.05, 0) is 0 Å². The van der Waals surface area contributed by atoms with Gasteiger partial charge in [-0.15, -0.1) is 0 Å². The number of carbonyl (C=O) groups excluding carboxylic acids is 1. The summed E-state index contributed by atoms with van der Waals surface area (Å²) in [7, 11) is 0. The summed E-state index contributed by atoms with van der Waals surface area (Å²) in [6, 6.07) is 9.06. The minimum Gasteiger partial charge on any atom is -0.390 e. The van der Waals surface area contributed by atoms with Crippen LogP contribution in [-0.2, 0) is 11.3 Å². The predicted molar refractivity (Wildman–Crippen MR) is 85.4 cm³/mol. The van der Waals surface area contributed by atoms with Gasteiger partial charge in [-0.2, -0.15) is 0 Å². The molecule has 1 atom stereocenters. The Kier molecular flexibility index (Phi) is 5.17. The molecule has 3 rings (SSSR count). The number of aromatic nitrogens is 2. The van der Waals surface area contributed by atoms with Crippen molar-refractivity contribution < 1.29 is 14.6 Å². The van der Waals surface area contributed by atoms with Crippen LogP contribution >= 0.6 is 0 Å². The molecule has 6 nitrogen and oxygen atoms in total. The Morgan fingerprint density at radius 2 is 1.96 bits per heavy atom. The van der Waals surface area contributed by atoms with E-state index in [1.165, 1.54) is 0 Å². The van der Waals surface area contributed by atoms with Gasteiger partial charge < -0.3 is 14.4 Å². The monoisotopic (exact) mass is 315 g/mol. The van der Waals surface area contributed by atoms with E-state index in [9.17, 15) is 9.90 Å². The van der Waals surface area contributed by atoms with Crippen molar-refractivity contribution >= 4 is 5.78 Å². The lowest BCUT2D eigenvalue weighted by Gasteiger charge is -2.28. The molecule has 1 N–H and O–H groups in total. The zero-order chi connectivity index (χ0) is 16.1. The normalized spacial score (nSPS) is 17.1. The summed E-state index contributed by atoms with van der Waals surface area (Å²) in [4.78, 5) is 18.8. The topological polar surface area (TPSA) is 67.6 Å². The summed E-state index contributed by atoms with van der Waals surface area (Å²) >= 11 is 0. The van der Waals surface area contributed by atoms with E-state index >= 15 is 0 Å². The molecule has 122 valence electrons. The first-order chi connectivity index (χ1) is 11.2. The van der Waals surface area contributed by atoms with Crippen molar-refractivity contribution in [3.8, 4) is 0 Å². The molecule has 1 aromatic heterocycles. The minimum absolute atomic E-state index is 0.130. The summed E-state index contributed by atoms with van der Waals surface area (Å²) in [5, 5.41) is 10.3. The third-order valence-corrected chi connectivity index (χ3v) is 3.93. The second kappa shape index (κ2) is 7.50. The van der Waals surface area contributed by atoms with Crippen molar-refractivity contribution in [3.63, 3.8) is 0 Å². The van der Waals surface area contributed by atoms with E-state index in [-0.39, 0.29) is 5.78 Å². The van der Waals surface area contributed by atoms with E-state index in [2.05, 4.69) is 9.88 Å². The maximum absolute atomic E-state index is 12.5. The van der Waals surface area contributed by atoms with Crippen LogP contribution in [0.5, 0.6) is 0 Å². The quantitative estimate of drug-likeness (QED) is 0.799. The Hall–Kier alpha value is -2.02. The van der Waals surface area contributed by atoms with Crippen molar-refractivity contribution in [1.82, 2.24) is 14.5 Å². The third-order valence-electron chi connectivity index (χ3n) is 3.93. The van der Waals surface area contributed by atoms with E-state index in [0.717, 1.165) is 13.1 Å². The number of hydrogen-bond acceptors (Lipinski definition) is 5. The first-order valence-electron chi connectivity index (χ1n) is 7.83. The fraction of sp³-hybridized carbons (Fsp3) is 0.412. The number of morpholine rings is 1. The molecule has 2 aromatic rings. The molecule has 0 bridgehead atoms. The zero-order valence-corrected chi connectivity index (χ0v) is 13.0. The highest BCUT2D eigenvalue weighted by Crippen LogP contribution is 2.09. The number of imidazole rings is 1. The van der Waals surface area contributed by atoms with Gasteiger partial charge in [0.15, 0.2) is 5.82 Å². The third kappa shape index (κ3) is 4.04. The summed E-state index contributed by atoms with van der Waals surface area (Å²) in [6.45, 7) is 3.99. The SMILES string of the molecule is O=C(c1ccccc1)c1nccn1C[C@H](O)CN1CCOCC1. The van der Waals surface area contributed by atoms with Gasteiger partial charge in [0.05, 0.1) is 25.9 Å². The van der Waals surface area contributed by atoms with Crippen molar-refractivity contribution in [2.45, 2.75) is 12.6 Å². The van der Waals surface area contributed by atoms with E-state index in [0.29, 0.717) is 37.7 Å². The molecule has 23 heavy (non-hydrogen) atoms. The molecule has 0 unspecified atom stereocenters. The average molecular weight is 315 g/mol. The Balaban J connectivity index is 1.65. The highest BCUT2D eigenvalue weighted by atomic mass is 16.5. The molecule has 2 heterocycles. The van der Waals surface area contributed by atoms with Gasteiger partial charge in [-0.1, -0.05) is 30.3 Å². The van der Waals surface area contributed by atoms with Crippen molar-refractivity contribution in [2.24, 2.45) is 0 Å². The zero-order valence-electron chi connectivity index (χ0n) is 13.0. The number of benzene rings is 1. The highest BCUT2D eigenvalue weighted by molar-refractivity contribution is 6.06. The lowest BCUT2D eigenvalue weighted by Crippen LogP contribution is -2.42. The van der Waals surface area contributed by atoms with Crippen molar-refractivity contribution in [1.29, 1.82) is 0 Å². The minimum atomic E-state index is -0.551. The van der Waals surface area contributed by atoms with Gasteiger partial charge in [0.25, 0.3) is 0 Å². The summed E-state index contributed by atoms with van der Waals surface area (Å²) < 4.78 is 7.03. The number of carbonyl (C=O) groups is 1. The largest absolute Gasteiger partial charge is 0.390 e. The number of β-amino-alcohol motifs (C(OH)–C–C–N with tert-alkyl or cyclic N) is 1. The number of nitrogens with zero attached hydrogens (tertiary/aromatic N) is 3. The van der Waals surface area contributed by atoms with Crippen molar-refractivity contribution in [3.05, 3.63) is 54.1 Å². The van der Waals surface area contributed by atoms with E-state index < -0.39 is 6.10 Å². The molecule has 1 saturated heterocycles. The van der Waals surface area contributed by atoms with Crippen LogP contribution in [0.3, 0.4) is 0 Å². The number of ether oxygens (including phenoxy) is 1. The Bertz CT molecular complexity index is 636. The van der Waals surface area contributed by atoms with Crippen LogP contribution in [0.1, 0.15) is 16.2 Å². The molecule has 0 saturated carbocycles. The van der Waals surface area contributed by atoms with E-state index in [4.69, 9.17) is 4.74 Å². The van der Waals surface area contributed by atoms with Crippen LogP contribution in [-0.4, -0.2) is 64.3 Å². The highest BCUT2D eigenvalue weighted by Gasteiger charge is 2.19. The van der Waals surface area contributed by atoms with E-state index in [1.54, 1.807) is 29.1 Å². The molecule has 0 aliphatic carbocycles. The Morgan fingerprint density at radius 3 is 2.70 bits per heavy atom. The van der Waals surface area contributed by atoms with Crippen LogP contribution < -0.4 is 0 Å². The Labute approximate surface area is 135 Å². The number of aliphatic hydroxyl groups is 1. The lowest BCUT2D eigenvalue weighted by atomic mass is 10.1. The fourth-order valence-corrected chi connectivity index (χ4v) is 2.75. The van der Waals surface area contributed by atoms with Gasteiger partial charge in [0, 0.05) is 37.6 Å². The first kappa shape index (κ1) is 15.9. The average Bonchev–Trinajstić information content (AvgIpc) is 3.03. The number of hydrogen-bond donors (Lipinski definition) is 1. The first-order valence-corrected chi connectivity index (χ1v) is 7.83. The smallest absolute Gasteiger partial charge is 0.228 e. The van der Waals surface area contributed by atoms with Crippen LogP contribution in [0.15, 0.2) is 42.7 Å². The van der Waals surface area contributed by atoms with Crippen LogP contribution in [0, 0.1) is 0 Å². The standard InChI is InChI=1S/C17H21N3O3/c21-15(12-19-8-10-23-11-9-19)13-20-7-6-18-17(20)16(22)14-4-2-1-3-5-14/h1-7,15,21H,8-13H2/t15-/m1/s1. The molecule has 6 heteroatoms. The lowest BCUT2D eigenvalue weighted by molar-refractivity contribution is 0.0114. The summed E-state index contributed by atoms with van der Waals surface area (Å²) in [5.74, 6) is 0.228. The molecule has 0 amide bonds. The fourth-order valence-electron chi connectivity index (χ4n) is 2.75. The second-order valence-corrected chi connectivity index (χ2v) is 5.67. The van der Waals surface area contributed by atoms with Gasteiger partial charge >= 0.3 is 0 Å². The molecule has 1 aliphatic rings. The van der Waals surface area contributed by atoms with Crippen LogP contribution in [0.4, 0.5) is 0 Å². The molecular formula is C17H21N3O3. The predicted octanol–water partition coefficient (Wildman–Crippen LogP) is 0.807. The summed E-state index contributed by atoms with van der Waals surface area (Å²) in [6.07, 6.45) is 2.78. The van der Waals surface area contributed by atoms with E-state index in [1.807, 2.05) is 18.2 Å². The Morgan fingerprint density at radius 1 is 1.22 bits per heavy atom. The van der Waals surface area contributed by atoms with Crippen LogP contribution in [0.25, 0.3) is 0 Å². The molecule has 1 aliphatic heterocycles. The van der Waals surface area contributed by atoms with Gasteiger partial charge in [0.2, 0.25) is 5.78 Å². The second-order valence-electron chi connectivity index (χ2n) is 5.67. The number of rotatable bonds is 6. The van der Waals surface area contributed by atoms with Crippen LogP contribution in [0.2, 0.25) is 0 Å². The maximum Gasteiger partial charge on any atom is 0.228 e. The molecule has 0 radical (unpaired) electrons. The summed E-state index contributed by atoms with van der Waals surface area (Å²) in [5.41, 5.74) is 0.600. The van der Waals surface area contributed by atoms with Crippen molar-refractivity contribution in [2.75, 3.05) is 32.8 Å². The maximum atomic E-state index is 12.5. The molecule has 0 spiro atoms. The van der Waals surface area contributed by atoms with Gasteiger partial charge in [-0.3, -0.25) is 9.69 Å². The molecular weight excluding hydrogens is 294 g/mol. The molecule has 1 fully saturated rings. The molecule has 1 aromatic carbocycles.